The topological polar surface area (TPSA) is 64.7 Å². The van der Waals surface area contributed by atoms with Gasteiger partial charge < -0.3 is 5.73 Å². The zero-order valence-corrected chi connectivity index (χ0v) is 10.7. The van der Waals surface area contributed by atoms with Gasteiger partial charge in [0.05, 0.1) is 5.54 Å². The number of hydrogen-bond acceptors (Lipinski definition) is 5. The zero-order valence-electron chi connectivity index (χ0n) is 9.87. The first-order valence-corrected chi connectivity index (χ1v) is 6.42. The number of fused-ring (bicyclic) bond motifs is 1. The summed E-state index contributed by atoms with van der Waals surface area (Å²) in [5.41, 5.74) is 7.49. The van der Waals surface area contributed by atoms with Gasteiger partial charge in [-0.1, -0.05) is 41.7 Å². The van der Waals surface area contributed by atoms with E-state index in [2.05, 4.69) is 15.0 Å². The number of rotatable bonds is 2. The van der Waals surface area contributed by atoms with E-state index in [1.165, 1.54) is 11.3 Å². The Bertz CT molecular complexity index is 643. The molecule has 0 radical (unpaired) electrons. The van der Waals surface area contributed by atoms with Gasteiger partial charge in [0.15, 0.2) is 10.5 Å². The zero-order chi connectivity index (χ0) is 12.6. The molecule has 0 bridgehead atoms. The lowest BCUT2D eigenvalue weighted by molar-refractivity contribution is 0.599. The highest BCUT2D eigenvalue weighted by atomic mass is 32.1. The molecule has 90 valence electrons. The first kappa shape index (κ1) is 11.3. The van der Waals surface area contributed by atoms with E-state index in [-0.39, 0.29) is 0 Å². The van der Waals surface area contributed by atoms with E-state index in [9.17, 15) is 0 Å². The van der Waals surface area contributed by atoms with Gasteiger partial charge in [-0.15, -0.1) is 0 Å². The van der Waals surface area contributed by atoms with Crippen LogP contribution in [0.2, 0.25) is 0 Å². The van der Waals surface area contributed by atoms with Gasteiger partial charge in [0.2, 0.25) is 0 Å². The molecule has 1 unspecified atom stereocenters. The van der Waals surface area contributed by atoms with Crippen LogP contribution in [0.3, 0.4) is 0 Å². The highest BCUT2D eigenvalue weighted by Gasteiger charge is 2.27. The molecule has 5 heteroatoms. The second kappa shape index (κ2) is 4.12. The van der Waals surface area contributed by atoms with Crippen molar-refractivity contribution in [2.45, 2.75) is 12.5 Å². The van der Waals surface area contributed by atoms with Gasteiger partial charge in [0.1, 0.15) is 5.01 Å². The molecule has 0 amide bonds. The van der Waals surface area contributed by atoms with E-state index in [1.807, 2.05) is 37.3 Å². The SMILES string of the molecule is CC(N)(c1ccccc1)c1nc2nccnc2s1. The molecular weight excluding hydrogens is 244 g/mol. The van der Waals surface area contributed by atoms with Crippen molar-refractivity contribution in [1.29, 1.82) is 0 Å². The lowest BCUT2D eigenvalue weighted by atomic mass is 9.94. The van der Waals surface area contributed by atoms with Crippen LogP contribution in [0.25, 0.3) is 10.5 Å². The van der Waals surface area contributed by atoms with Gasteiger partial charge in [-0.05, 0) is 12.5 Å². The second-order valence-electron chi connectivity index (χ2n) is 4.27. The summed E-state index contributed by atoms with van der Waals surface area (Å²) < 4.78 is 0. The minimum atomic E-state index is -0.617. The summed E-state index contributed by atoms with van der Waals surface area (Å²) in [5, 5.41) is 0.829. The molecule has 2 heterocycles. The monoisotopic (exact) mass is 256 g/mol. The molecule has 3 rings (SSSR count). The number of thiazole rings is 1. The Hall–Kier alpha value is -1.85. The fraction of sp³-hybridized carbons (Fsp3) is 0.154. The van der Waals surface area contributed by atoms with Gasteiger partial charge in [-0.2, -0.15) is 0 Å². The smallest absolute Gasteiger partial charge is 0.189 e. The molecule has 1 aromatic carbocycles. The molecule has 0 saturated carbocycles. The predicted molar refractivity (Wildman–Crippen MR) is 72.3 cm³/mol. The van der Waals surface area contributed by atoms with Crippen molar-refractivity contribution < 1.29 is 0 Å². The number of aromatic nitrogens is 3. The second-order valence-corrected chi connectivity index (χ2v) is 5.25. The van der Waals surface area contributed by atoms with E-state index >= 15 is 0 Å². The molecule has 3 aromatic rings. The predicted octanol–water partition coefficient (Wildman–Crippen LogP) is 2.31. The van der Waals surface area contributed by atoms with Crippen molar-refractivity contribution in [3.63, 3.8) is 0 Å². The molecule has 0 spiro atoms. The third-order valence-electron chi connectivity index (χ3n) is 2.87. The fourth-order valence-corrected chi connectivity index (χ4v) is 2.76. The highest BCUT2D eigenvalue weighted by Crippen LogP contribution is 2.31. The van der Waals surface area contributed by atoms with E-state index in [1.54, 1.807) is 12.4 Å². The lowest BCUT2D eigenvalue weighted by Gasteiger charge is -2.22. The van der Waals surface area contributed by atoms with Crippen LogP contribution in [-0.2, 0) is 5.54 Å². The summed E-state index contributed by atoms with van der Waals surface area (Å²) in [5.74, 6) is 0. The summed E-state index contributed by atoms with van der Waals surface area (Å²) >= 11 is 1.49. The van der Waals surface area contributed by atoms with Gasteiger partial charge in [0, 0.05) is 12.4 Å². The fourth-order valence-electron chi connectivity index (χ4n) is 1.81. The van der Waals surface area contributed by atoms with Crippen LogP contribution in [-0.4, -0.2) is 15.0 Å². The summed E-state index contributed by atoms with van der Waals surface area (Å²) in [4.78, 5) is 13.7. The molecule has 0 aliphatic rings. The average Bonchev–Trinajstić information content (AvgIpc) is 2.84. The molecule has 4 nitrogen and oxygen atoms in total. The Labute approximate surface area is 109 Å². The summed E-state index contributed by atoms with van der Waals surface area (Å²) in [6.45, 7) is 1.96. The Balaban J connectivity index is 2.13. The molecule has 0 aliphatic heterocycles. The van der Waals surface area contributed by atoms with Crippen LogP contribution >= 0.6 is 11.3 Å². The molecule has 2 aromatic heterocycles. The Morgan fingerprint density at radius 2 is 1.83 bits per heavy atom. The number of benzene rings is 1. The minimum Gasteiger partial charge on any atom is -0.316 e. The van der Waals surface area contributed by atoms with Gasteiger partial charge in [0.25, 0.3) is 0 Å². The summed E-state index contributed by atoms with van der Waals surface area (Å²) in [6, 6.07) is 9.94. The number of hydrogen-bond donors (Lipinski definition) is 1. The van der Waals surface area contributed by atoms with Gasteiger partial charge in [-0.25, -0.2) is 15.0 Å². The summed E-state index contributed by atoms with van der Waals surface area (Å²) in [6.07, 6.45) is 3.31. The van der Waals surface area contributed by atoms with Crippen LogP contribution in [0.5, 0.6) is 0 Å². The molecule has 0 aliphatic carbocycles. The van der Waals surface area contributed by atoms with Crippen molar-refractivity contribution in [3.05, 3.63) is 53.3 Å². The van der Waals surface area contributed by atoms with Crippen LogP contribution in [0.4, 0.5) is 0 Å². The van der Waals surface area contributed by atoms with Gasteiger partial charge >= 0.3 is 0 Å². The molecular formula is C13H12N4S. The van der Waals surface area contributed by atoms with E-state index in [0.717, 1.165) is 15.4 Å². The third-order valence-corrected chi connectivity index (χ3v) is 4.06. The van der Waals surface area contributed by atoms with Crippen LogP contribution < -0.4 is 5.73 Å². The van der Waals surface area contributed by atoms with Crippen molar-refractivity contribution in [3.8, 4) is 0 Å². The molecule has 2 N–H and O–H groups in total. The third kappa shape index (κ3) is 1.77. The first-order chi connectivity index (χ1) is 8.68. The van der Waals surface area contributed by atoms with E-state index in [0.29, 0.717) is 5.65 Å². The Kier molecular flexibility index (Phi) is 2.57. The molecule has 0 saturated heterocycles. The van der Waals surface area contributed by atoms with Crippen molar-refractivity contribution in [2.24, 2.45) is 5.73 Å². The van der Waals surface area contributed by atoms with Crippen molar-refractivity contribution in [1.82, 2.24) is 15.0 Å². The normalized spacial score (nSPS) is 14.6. The van der Waals surface area contributed by atoms with Crippen LogP contribution in [0.1, 0.15) is 17.5 Å². The van der Waals surface area contributed by atoms with E-state index in [4.69, 9.17) is 5.73 Å². The van der Waals surface area contributed by atoms with Crippen LogP contribution in [0, 0.1) is 0 Å². The Morgan fingerprint density at radius 3 is 2.56 bits per heavy atom. The Morgan fingerprint density at radius 1 is 1.11 bits per heavy atom. The molecule has 0 fully saturated rings. The first-order valence-electron chi connectivity index (χ1n) is 5.60. The maximum absolute atomic E-state index is 6.42. The molecule has 18 heavy (non-hydrogen) atoms. The number of nitrogens with two attached hydrogens (primary N) is 1. The minimum absolute atomic E-state index is 0.617. The van der Waals surface area contributed by atoms with Crippen LogP contribution in [0.15, 0.2) is 42.7 Å². The maximum Gasteiger partial charge on any atom is 0.189 e. The van der Waals surface area contributed by atoms with Crippen molar-refractivity contribution >= 4 is 21.8 Å². The summed E-state index contributed by atoms with van der Waals surface area (Å²) in [7, 11) is 0. The number of nitrogens with zero attached hydrogens (tertiary/aromatic N) is 3. The average molecular weight is 256 g/mol. The van der Waals surface area contributed by atoms with Gasteiger partial charge in [-0.3, -0.25) is 0 Å². The van der Waals surface area contributed by atoms with E-state index < -0.39 is 5.54 Å². The quantitative estimate of drug-likeness (QED) is 0.764. The largest absolute Gasteiger partial charge is 0.316 e. The molecule has 1 atom stereocenters. The standard InChI is InChI=1S/C13H12N4S/c1-13(14,9-5-3-2-4-6-9)12-17-10-11(18-12)16-8-7-15-10/h2-8H,14H2,1H3. The highest BCUT2D eigenvalue weighted by molar-refractivity contribution is 7.18. The van der Waals surface area contributed by atoms with Crippen molar-refractivity contribution in [2.75, 3.05) is 0 Å². The lowest BCUT2D eigenvalue weighted by Crippen LogP contribution is -2.34. The maximum atomic E-state index is 6.42.